The van der Waals surface area contributed by atoms with E-state index >= 15 is 0 Å². The summed E-state index contributed by atoms with van der Waals surface area (Å²) in [6.07, 6.45) is 5.25. The fourth-order valence-electron chi connectivity index (χ4n) is 3.62. The Kier molecular flexibility index (Phi) is 2.33. The van der Waals surface area contributed by atoms with Gasteiger partial charge in [-0.15, -0.1) is 0 Å². The lowest BCUT2D eigenvalue weighted by atomic mass is 9.76. The Labute approximate surface area is 107 Å². The zero-order valence-corrected chi connectivity index (χ0v) is 10.6. The number of rotatable bonds is 0. The third-order valence-electron chi connectivity index (χ3n) is 4.65. The molecule has 3 heteroatoms. The van der Waals surface area contributed by atoms with E-state index < -0.39 is 5.60 Å². The SMILES string of the molecule is C=C1C(=O)O[C@H]2C1CCC(=C)[C@H]1C=C[C@](C)(O)[C@@H]12. The molecule has 0 aromatic heterocycles. The summed E-state index contributed by atoms with van der Waals surface area (Å²) >= 11 is 0. The lowest BCUT2D eigenvalue weighted by molar-refractivity contribution is -0.145. The fourth-order valence-corrected chi connectivity index (χ4v) is 3.62. The number of fused-ring (bicyclic) bond motifs is 3. The summed E-state index contributed by atoms with van der Waals surface area (Å²) < 4.78 is 5.48. The van der Waals surface area contributed by atoms with Gasteiger partial charge >= 0.3 is 5.97 Å². The number of carbonyl (C=O) groups is 1. The van der Waals surface area contributed by atoms with E-state index in [0.717, 1.165) is 18.4 Å². The average molecular weight is 246 g/mol. The van der Waals surface area contributed by atoms with Gasteiger partial charge in [0.05, 0.1) is 5.60 Å². The third-order valence-corrected chi connectivity index (χ3v) is 4.65. The summed E-state index contributed by atoms with van der Waals surface area (Å²) in [6.45, 7) is 9.74. The van der Waals surface area contributed by atoms with Crippen molar-refractivity contribution in [3.05, 3.63) is 36.5 Å². The van der Waals surface area contributed by atoms with E-state index in [0.29, 0.717) is 5.57 Å². The molecule has 2 aliphatic carbocycles. The molecular formula is C15H18O3. The van der Waals surface area contributed by atoms with Gasteiger partial charge in [-0.1, -0.05) is 30.9 Å². The molecule has 2 fully saturated rings. The van der Waals surface area contributed by atoms with E-state index in [1.165, 1.54) is 0 Å². The summed E-state index contributed by atoms with van der Waals surface area (Å²) in [7, 11) is 0. The van der Waals surface area contributed by atoms with Crippen LogP contribution in [0.2, 0.25) is 0 Å². The van der Waals surface area contributed by atoms with Crippen LogP contribution in [0.15, 0.2) is 36.5 Å². The van der Waals surface area contributed by atoms with Crippen LogP contribution in [0.5, 0.6) is 0 Å². The minimum atomic E-state index is -0.939. The van der Waals surface area contributed by atoms with Gasteiger partial charge in [-0.3, -0.25) is 0 Å². The first-order chi connectivity index (χ1) is 8.42. The standard InChI is InChI=1S/C15H18O3/c1-8-4-5-11-9(2)14(16)18-13(11)12-10(8)6-7-15(12,3)17/h6-7,10-13,17H,1-2,4-5H2,3H3/t10-,11?,12+,13+,15+/m1/s1. The maximum atomic E-state index is 11.7. The summed E-state index contributed by atoms with van der Waals surface area (Å²) in [5.74, 6) is -0.302. The first-order valence-electron chi connectivity index (χ1n) is 6.41. The molecule has 0 spiro atoms. The summed E-state index contributed by atoms with van der Waals surface area (Å²) in [5.41, 5.74) is 0.731. The van der Waals surface area contributed by atoms with Crippen molar-refractivity contribution in [1.82, 2.24) is 0 Å². The Hall–Kier alpha value is -1.35. The monoisotopic (exact) mass is 246 g/mol. The quantitative estimate of drug-likeness (QED) is 0.404. The van der Waals surface area contributed by atoms with Crippen LogP contribution in [-0.4, -0.2) is 22.8 Å². The Bertz CT molecular complexity index is 472. The van der Waals surface area contributed by atoms with Crippen molar-refractivity contribution in [3.63, 3.8) is 0 Å². The van der Waals surface area contributed by atoms with E-state index in [4.69, 9.17) is 4.74 Å². The van der Waals surface area contributed by atoms with Gasteiger partial charge in [0.25, 0.3) is 0 Å². The molecule has 0 radical (unpaired) electrons. The lowest BCUT2D eigenvalue weighted by Crippen LogP contribution is -2.42. The van der Waals surface area contributed by atoms with Crippen molar-refractivity contribution in [2.45, 2.75) is 31.5 Å². The molecule has 1 aliphatic heterocycles. The Morgan fingerprint density at radius 1 is 1.50 bits per heavy atom. The predicted molar refractivity (Wildman–Crippen MR) is 67.6 cm³/mol. The topological polar surface area (TPSA) is 46.5 Å². The number of aliphatic hydroxyl groups is 1. The van der Waals surface area contributed by atoms with Crippen LogP contribution in [0.25, 0.3) is 0 Å². The van der Waals surface area contributed by atoms with Crippen molar-refractivity contribution in [2.24, 2.45) is 17.8 Å². The van der Waals surface area contributed by atoms with Crippen molar-refractivity contribution >= 4 is 5.97 Å². The normalized spacial score (nSPS) is 46.7. The zero-order chi connectivity index (χ0) is 13.1. The van der Waals surface area contributed by atoms with Crippen LogP contribution in [0.3, 0.4) is 0 Å². The largest absolute Gasteiger partial charge is 0.458 e. The van der Waals surface area contributed by atoms with Gasteiger partial charge < -0.3 is 9.84 Å². The number of hydrogen-bond donors (Lipinski definition) is 1. The second kappa shape index (κ2) is 3.58. The first-order valence-corrected chi connectivity index (χ1v) is 6.41. The maximum Gasteiger partial charge on any atom is 0.334 e. The van der Waals surface area contributed by atoms with Gasteiger partial charge in [0.1, 0.15) is 6.10 Å². The summed E-state index contributed by atoms with van der Waals surface area (Å²) in [6, 6.07) is 0. The number of carbonyl (C=O) groups excluding carboxylic acids is 1. The van der Waals surface area contributed by atoms with Gasteiger partial charge in [-0.2, -0.15) is 0 Å². The van der Waals surface area contributed by atoms with E-state index in [-0.39, 0.29) is 29.8 Å². The first kappa shape index (κ1) is 11.7. The Morgan fingerprint density at radius 3 is 2.94 bits per heavy atom. The average Bonchev–Trinajstić information content (AvgIpc) is 2.69. The summed E-state index contributed by atoms with van der Waals surface area (Å²) in [5, 5.41) is 10.5. The number of ether oxygens (including phenoxy) is 1. The number of esters is 1. The Morgan fingerprint density at radius 2 is 2.22 bits per heavy atom. The van der Waals surface area contributed by atoms with Gasteiger partial charge in [0, 0.05) is 23.3 Å². The molecule has 96 valence electrons. The van der Waals surface area contributed by atoms with E-state index in [9.17, 15) is 9.90 Å². The van der Waals surface area contributed by atoms with Gasteiger partial charge in [-0.25, -0.2) is 4.79 Å². The highest BCUT2D eigenvalue weighted by atomic mass is 16.6. The molecule has 1 N–H and O–H groups in total. The summed E-state index contributed by atoms with van der Waals surface area (Å²) in [4.78, 5) is 11.7. The fraction of sp³-hybridized carbons (Fsp3) is 0.533. The number of allylic oxidation sites excluding steroid dienone is 2. The van der Waals surface area contributed by atoms with Crippen LogP contribution in [-0.2, 0) is 9.53 Å². The van der Waals surface area contributed by atoms with E-state index in [2.05, 4.69) is 13.2 Å². The third kappa shape index (κ3) is 1.43. The highest BCUT2D eigenvalue weighted by molar-refractivity contribution is 5.91. The molecule has 1 unspecified atom stereocenters. The molecule has 1 heterocycles. The minimum Gasteiger partial charge on any atom is -0.458 e. The molecule has 0 amide bonds. The highest BCUT2D eigenvalue weighted by Crippen LogP contribution is 2.50. The Balaban J connectivity index is 2.04. The van der Waals surface area contributed by atoms with E-state index in [1.54, 1.807) is 6.92 Å². The maximum absolute atomic E-state index is 11.7. The molecule has 3 aliphatic rings. The molecule has 3 rings (SSSR count). The molecule has 5 atom stereocenters. The second-order valence-corrected chi connectivity index (χ2v) is 5.84. The molecule has 1 saturated heterocycles. The highest BCUT2D eigenvalue weighted by Gasteiger charge is 2.54. The van der Waals surface area contributed by atoms with Crippen molar-refractivity contribution in [1.29, 1.82) is 0 Å². The minimum absolute atomic E-state index is 0.0237. The van der Waals surface area contributed by atoms with Gasteiger partial charge in [0.15, 0.2) is 0 Å². The van der Waals surface area contributed by atoms with Gasteiger partial charge in [0.2, 0.25) is 0 Å². The smallest absolute Gasteiger partial charge is 0.334 e. The molecular weight excluding hydrogens is 228 g/mol. The van der Waals surface area contributed by atoms with Crippen LogP contribution in [0.1, 0.15) is 19.8 Å². The molecule has 0 bridgehead atoms. The van der Waals surface area contributed by atoms with Crippen LogP contribution < -0.4 is 0 Å². The molecule has 0 aromatic carbocycles. The molecule has 1 saturated carbocycles. The number of hydrogen-bond acceptors (Lipinski definition) is 3. The van der Waals surface area contributed by atoms with E-state index in [1.807, 2.05) is 12.2 Å². The predicted octanol–water partition coefficient (Wildman–Crippen LogP) is 1.99. The second-order valence-electron chi connectivity index (χ2n) is 5.84. The molecule has 18 heavy (non-hydrogen) atoms. The molecule has 0 aromatic rings. The van der Waals surface area contributed by atoms with Crippen molar-refractivity contribution < 1.29 is 14.6 Å². The van der Waals surface area contributed by atoms with Gasteiger partial charge in [-0.05, 0) is 19.8 Å². The van der Waals surface area contributed by atoms with Crippen molar-refractivity contribution in [2.75, 3.05) is 0 Å². The zero-order valence-electron chi connectivity index (χ0n) is 10.6. The van der Waals surface area contributed by atoms with Crippen LogP contribution in [0.4, 0.5) is 0 Å². The molecule has 3 nitrogen and oxygen atoms in total. The lowest BCUT2D eigenvalue weighted by Gasteiger charge is -2.34. The van der Waals surface area contributed by atoms with Crippen molar-refractivity contribution in [3.8, 4) is 0 Å². The van der Waals surface area contributed by atoms with Crippen LogP contribution in [0, 0.1) is 17.8 Å². The van der Waals surface area contributed by atoms with Crippen LogP contribution >= 0.6 is 0 Å².